The molecule has 0 saturated carbocycles. The Morgan fingerprint density at radius 1 is 0.651 bits per heavy atom. The van der Waals surface area contributed by atoms with E-state index in [2.05, 4.69) is 25.5 Å². The van der Waals surface area contributed by atoms with Crippen molar-refractivity contribution in [2.24, 2.45) is 0 Å². The Bertz CT molecular complexity index is 1970. The fraction of sp³-hybridized carbons (Fsp3) is 0.0323. The van der Waals surface area contributed by atoms with Gasteiger partial charge in [-0.15, -0.1) is 0 Å². The first-order valence-corrected chi connectivity index (χ1v) is 13.2. The van der Waals surface area contributed by atoms with Gasteiger partial charge < -0.3 is 19.7 Å². The lowest BCUT2D eigenvalue weighted by molar-refractivity contribution is 0.0986. The number of rotatable bonds is 2. The molecular formula is C31H22N8O4. The van der Waals surface area contributed by atoms with Crippen molar-refractivity contribution in [3.63, 3.8) is 0 Å². The van der Waals surface area contributed by atoms with Gasteiger partial charge in [-0.3, -0.25) is 19.6 Å². The molecule has 12 nitrogen and oxygen atoms in total. The van der Waals surface area contributed by atoms with Gasteiger partial charge in [0.25, 0.3) is 11.8 Å². The third-order valence-electron chi connectivity index (χ3n) is 6.71. The Morgan fingerprint density at radius 2 is 1.23 bits per heavy atom. The van der Waals surface area contributed by atoms with Crippen molar-refractivity contribution < 1.29 is 19.1 Å². The predicted molar refractivity (Wildman–Crippen MR) is 156 cm³/mol. The normalized spacial score (nSPS) is 12.9. The summed E-state index contributed by atoms with van der Waals surface area (Å²) in [4.78, 5) is 34.5. The first-order chi connectivity index (χ1) is 21.0. The number of carbonyl (C=O) groups excluding carboxylic acids is 2. The van der Waals surface area contributed by atoms with E-state index in [1.54, 1.807) is 76.7 Å². The minimum atomic E-state index is -0.294. The molecule has 0 atom stereocenters. The summed E-state index contributed by atoms with van der Waals surface area (Å²) in [5.74, 6) is 1.57. The van der Waals surface area contributed by atoms with E-state index in [1.165, 1.54) is 0 Å². The Morgan fingerprint density at radius 3 is 1.91 bits per heavy atom. The molecule has 2 aliphatic heterocycles. The van der Waals surface area contributed by atoms with Crippen LogP contribution in [0.25, 0.3) is 11.4 Å². The summed E-state index contributed by atoms with van der Waals surface area (Å²) in [5.41, 5.74) is 3.41. The minimum Gasteiger partial charge on any atom is -0.451 e. The van der Waals surface area contributed by atoms with Crippen LogP contribution in [0.3, 0.4) is 0 Å². The maximum atomic E-state index is 12.6. The molecule has 43 heavy (non-hydrogen) atoms. The molecule has 2 amide bonds. The third-order valence-corrected chi connectivity index (χ3v) is 6.71. The second-order valence-electron chi connectivity index (χ2n) is 9.48. The van der Waals surface area contributed by atoms with Crippen LogP contribution in [0.5, 0.6) is 23.0 Å². The molecule has 2 aromatic carbocycles. The molecule has 8 rings (SSSR count). The van der Waals surface area contributed by atoms with Crippen LogP contribution in [0, 0.1) is 0 Å². The standard InChI is InChI=1S/C16H12N4O2.C15H10N4O2/c1-19-12-6-2-3-7-13(12)22-14-10-20(18-15(14)16(19)21)11-5-4-8-17-9-11;20-15-14-13(21-12-6-2-1-5-11(12)17-15)9-19(18-14)10-4-3-7-16-8-10/h2-10H,1H3;1-9H,(H,17,20). The second kappa shape index (κ2) is 10.6. The summed E-state index contributed by atoms with van der Waals surface area (Å²) in [7, 11) is 1.71. The number of carbonyl (C=O) groups is 2. The van der Waals surface area contributed by atoms with E-state index in [0.717, 1.165) is 17.1 Å². The molecule has 2 aliphatic rings. The van der Waals surface area contributed by atoms with Crippen molar-refractivity contribution >= 4 is 23.2 Å². The average Bonchev–Trinajstić information content (AvgIpc) is 3.62. The maximum absolute atomic E-state index is 12.6. The van der Waals surface area contributed by atoms with Crippen LogP contribution in [-0.4, -0.2) is 48.4 Å². The van der Waals surface area contributed by atoms with Crippen molar-refractivity contribution in [2.45, 2.75) is 0 Å². The van der Waals surface area contributed by atoms with Crippen molar-refractivity contribution in [3.05, 3.63) is 121 Å². The van der Waals surface area contributed by atoms with Crippen LogP contribution < -0.4 is 19.7 Å². The number of amides is 2. The summed E-state index contributed by atoms with van der Waals surface area (Å²) < 4.78 is 14.8. The fourth-order valence-electron chi connectivity index (χ4n) is 4.58. The first kappa shape index (κ1) is 25.7. The smallest absolute Gasteiger partial charge is 0.282 e. The lowest BCUT2D eigenvalue weighted by Gasteiger charge is -2.15. The van der Waals surface area contributed by atoms with Crippen molar-refractivity contribution in [1.29, 1.82) is 0 Å². The topological polar surface area (TPSA) is 129 Å². The molecule has 210 valence electrons. The molecule has 4 aromatic heterocycles. The SMILES string of the molecule is CN1C(=O)c2nn(-c3cccnc3)cc2Oc2ccccc21.O=C1Nc2ccccc2Oc2cn(-c3cccnc3)nc21. The van der Waals surface area contributed by atoms with E-state index >= 15 is 0 Å². The summed E-state index contributed by atoms with van der Waals surface area (Å²) in [6.07, 6.45) is 10.1. The second-order valence-corrected chi connectivity index (χ2v) is 9.48. The van der Waals surface area contributed by atoms with Gasteiger partial charge in [-0.2, -0.15) is 10.2 Å². The lowest BCUT2D eigenvalue weighted by atomic mass is 10.2. The van der Waals surface area contributed by atoms with Crippen LogP contribution in [0.4, 0.5) is 11.4 Å². The van der Waals surface area contributed by atoms with Crippen LogP contribution in [0.15, 0.2) is 110 Å². The number of hydrogen-bond donors (Lipinski definition) is 1. The molecule has 1 N–H and O–H groups in total. The summed E-state index contributed by atoms with van der Waals surface area (Å²) in [6, 6.07) is 22.0. The van der Waals surface area contributed by atoms with Crippen LogP contribution in [0.2, 0.25) is 0 Å². The molecule has 0 bridgehead atoms. The number of hydrogen-bond acceptors (Lipinski definition) is 8. The van der Waals surface area contributed by atoms with Crippen molar-refractivity contribution in [1.82, 2.24) is 29.5 Å². The average molecular weight is 571 g/mol. The molecule has 0 saturated heterocycles. The van der Waals surface area contributed by atoms with Gasteiger partial charge in [-0.05, 0) is 48.5 Å². The number of para-hydroxylation sites is 4. The van der Waals surface area contributed by atoms with E-state index < -0.39 is 0 Å². The van der Waals surface area contributed by atoms with E-state index in [-0.39, 0.29) is 23.2 Å². The Kier molecular flexibility index (Phi) is 6.32. The van der Waals surface area contributed by atoms with Crippen molar-refractivity contribution in [2.75, 3.05) is 17.3 Å². The number of aromatic nitrogens is 6. The predicted octanol–water partition coefficient (Wildman–Crippen LogP) is 5.27. The number of benzene rings is 2. The van der Waals surface area contributed by atoms with Gasteiger partial charge >= 0.3 is 0 Å². The Hall–Kier alpha value is -6.30. The van der Waals surface area contributed by atoms with E-state index in [9.17, 15) is 9.59 Å². The van der Waals surface area contributed by atoms with Gasteiger partial charge in [0.1, 0.15) is 0 Å². The quantitative estimate of drug-likeness (QED) is 0.298. The number of ether oxygens (including phenoxy) is 2. The Balaban J connectivity index is 0.000000140. The number of fused-ring (bicyclic) bond motifs is 4. The molecule has 0 radical (unpaired) electrons. The molecule has 6 heterocycles. The minimum absolute atomic E-state index is 0.206. The van der Waals surface area contributed by atoms with Gasteiger partial charge in [0.15, 0.2) is 34.4 Å². The van der Waals surface area contributed by atoms with Crippen molar-refractivity contribution in [3.8, 4) is 34.4 Å². The molecular weight excluding hydrogens is 548 g/mol. The molecule has 0 aliphatic carbocycles. The zero-order chi connectivity index (χ0) is 29.3. The van der Waals surface area contributed by atoms with E-state index in [4.69, 9.17) is 9.47 Å². The van der Waals surface area contributed by atoms with Gasteiger partial charge in [0.05, 0.1) is 47.5 Å². The molecule has 6 aromatic rings. The highest BCUT2D eigenvalue weighted by molar-refractivity contribution is 6.08. The van der Waals surface area contributed by atoms with Crippen LogP contribution in [-0.2, 0) is 0 Å². The summed E-state index contributed by atoms with van der Waals surface area (Å²) in [6.45, 7) is 0. The maximum Gasteiger partial charge on any atom is 0.282 e. The fourth-order valence-corrected chi connectivity index (χ4v) is 4.58. The number of nitrogens with one attached hydrogen (secondary N) is 1. The highest BCUT2D eigenvalue weighted by Crippen LogP contribution is 2.38. The number of anilines is 2. The van der Waals surface area contributed by atoms with Crippen LogP contribution >= 0.6 is 0 Å². The zero-order valence-electron chi connectivity index (χ0n) is 22.7. The third kappa shape index (κ3) is 4.82. The Labute approximate surface area is 244 Å². The molecule has 0 fully saturated rings. The molecule has 0 unspecified atom stereocenters. The van der Waals surface area contributed by atoms with Crippen LogP contribution in [0.1, 0.15) is 21.0 Å². The largest absolute Gasteiger partial charge is 0.451 e. The van der Waals surface area contributed by atoms with Gasteiger partial charge in [-0.25, -0.2) is 9.36 Å². The highest BCUT2D eigenvalue weighted by atomic mass is 16.5. The first-order valence-electron chi connectivity index (χ1n) is 13.2. The van der Waals surface area contributed by atoms with Gasteiger partial charge in [0.2, 0.25) is 0 Å². The molecule has 12 heteroatoms. The molecule has 0 spiro atoms. The van der Waals surface area contributed by atoms with Gasteiger partial charge in [0, 0.05) is 19.4 Å². The van der Waals surface area contributed by atoms with E-state index in [0.29, 0.717) is 28.7 Å². The monoisotopic (exact) mass is 570 g/mol. The number of nitrogens with zero attached hydrogens (tertiary/aromatic N) is 7. The summed E-state index contributed by atoms with van der Waals surface area (Å²) >= 11 is 0. The van der Waals surface area contributed by atoms with E-state index in [1.807, 2.05) is 54.6 Å². The lowest BCUT2D eigenvalue weighted by Crippen LogP contribution is -2.25. The number of pyridine rings is 2. The zero-order valence-corrected chi connectivity index (χ0v) is 22.7. The van der Waals surface area contributed by atoms with Gasteiger partial charge in [-0.1, -0.05) is 24.3 Å². The summed E-state index contributed by atoms with van der Waals surface area (Å²) in [5, 5.41) is 11.4. The highest BCUT2D eigenvalue weighted by Gasteiger charge is 2.29.